The maximum atomic E-state index is 13.6. The second-order valence-corrected chi connectivity index (χ2v) is 8.15. The van der Waals surface area contributed by atoms with Crippen LogP contribution in [0.2, 0.25) is 0 Å². The van der Waals surface area contributed by atoms with Gasteiger partial charge in [0.05, 0.1) is 17.1 Å². The number of carbonyl (C=O) groups is 2. The average molecular weight is 467 g/mol. The number of anilines is 1. The summed E-state index contributed by atoms with van der Waals surface area (Å²) in [5, 5.41) is 0. The van der Waals surface area contributed by atoms with Gasteiger partial charge in [-0.1, -0.05) is 18.2 Å². The van der Waals surface area contributed by atoms with Crippen molar-refractivity contribution in [1.29, 1.82) is 0 Å². The summed E-state index contributed by atoms with van der Waals surface area (Å²) in [4.78, 5) is 44.4. The summed E-state index contributed by atoms with van der Waals surface area (Å²) in [7, 11) is 0. The van der Waals surface area contributed by atoms with Gasteiger partial charge in [-0.25, -0.2) is 14.3 Å². The minimum Gasteiger partial charge on any atom is -0.457 e. The van der Waals surface area contributed by atoms with Gasteiger partial charge in [0.2, 0.25) is 5.91 Å². The number of ether oxygens (including phenoxy) is 1. The number of aromatic nitrogens is 3. The van der Waals surface area contributed by atoms with Crippen molar-refractivity contribution >= 4 is 28.7 Å². The molecule has 2 aromatic carbocycles. The summed E-state index contributed by atoms with van der Waals surface area (Å²) >= 11 is 0. The number of terminal acetylenes is 1. The molecule has 0 spiro atoms. The van der Waals surface area contributed by atoms with E-state index in [9.17, 15) is 14.4 Å². The lowest BCUT2D eigenvalue weighted by Crippen LogP contribution is -2.35. The van der Waals surface area contributed by atoms with Crippen molar-refractivity contribution in [2.24, 2.45) is 5.92 Å². The molecule has 0 radical (unpaired) electrons. The molecule has 1 fully saturated rings. The van der Waals surface area contributed by atoms with Crippen molar-refractivity contribution in [3.8, 4) is 29.5 Å². The average Bonchev–Trinajstić information content (AvgIpc) is 3.48. The Morgan fingerprint density at radius 3 is 2.49 bits per heavy atom. The van der Waals surface area contributed by atoms with Crippen LogP contribution in [0.4, 0.5) is 5.82 Å². The van der Waals surface area contributed by atoms with Gasteiger partial charge in [0.1, 0.15) is 22.8 Å². The zero-order valence-electron chi connectivity index (χ0n) is 18.6. The van der Waals surface area contributed by atoms with E-state index in [0.29, 0.717) is 41.2 Å². The first-order chi connectivity index (χ1) is 17.0. The molecule has 2 N–H and O–H groups in total. The van der Waals surface area contributed by atoms with Crippen molar-refractivity contribution in [3.05, 3.63) is 77.3 Å². The number of nitrogens with two attached hydrogens (primary N) is 1. The van der Waals surface area contributed by atoms with Gasteiger partial charge in [-0.05, 0) is 54.8 Å². The predicted molar refractivity (Wildman–Crippen MR) is 130 cm³/mol. The van der Waals surface area contributed by atoms with Crippen LogP contribution in [0.5, 0.6) is 11.5 Å². The van der Waals surface area contributed by atoms with Gasteiger partial charge in [0.15, 0.2) is 0 Å². The summed E-state index contributed by atoms with van der Waals surface area (Å²) in [5.74, 6) is 2.01. The van der Waals surface area contributed by atoms with Crippen LogP contribution in [0, 0.1) is 18.3 Å². The van der Waals surface area contributed by atoms with Gasteiger partial charge in [-0.3, -0.25) is 14.2 Å². The fourth-order valence-corrected chi connectivity index (χ4v) is 4.33. The highest BCUT2D eigenvalue weighted by Crippen LogP contribution is 2.27. The van der Waals surface area contributed by atoms with E-state index < -0.39 is 23.4 Å². The summed E-state index contributed by atoms with van der Waals surface area (Å²) in [6.45, 7) is 0.520. The van der Waals surface area contributed by atoms with Crippen molar-refractivity contribution in [2.75, 3.05) is 18.8 Å². The minimum atomic E-state index is -0.567. The molecular formula is C26H21N5O4. The molecule has 3 heterocycles. The third kappa shape index (κ3) is 3.91. The molecule has 35 heavy (non-hydrogen) atoms. The van der Waals surface area contributed by atoms with E-state index in [1.807, 2.05) is 30.3 Å². The van der Waals surface area contributed by atoms with E-state index in [1.54, 1.807) is 30.3 Å². The first-order valence-electron chi connectivity index (χ1n) is 11.0. The molecule has 5 rings (SSSR count). The van der Waals surface area contributed by atoms with Crippen LogP contribution in [0.3, 0.4) is 0 Å². The third-order valence-corrected chi connectivity index (χ3v) is 6.02. The Kier molecular flexibility index (Phi) is 5.55. The molecule has 4 aromatic rings. The number of pyridine rings is 1. The molecule has 0 saturated carbocycles. The molecule has 2 aromatic heterocycles. The Labute approximate surface area is 200 Å². The Morgan fingerprint density at radius 2 is 1.77 bits per heavy atom. The number of benzene rings is 2. The molecule has 9 nitrogen and oxygen atoms in total. The van der Waals surface area contributed by atoms with Crippen LogP contribution in [0.25, 0.3) is 16.7 Å². The molecule has 0 bridgehead atoms. The molecular weight excluding hydrogens is 446 g/mol. The number of hydrogen-bond acceptors (Lipinski definition) is 6. The predicted octanol–water partition coefficient (Wildman–Crippen LogP) is 2.68. The van der Waals surface area contributed by atoms with Gasteiger partial charge in [-0.15, -0.1) is 6.42 Å². The van der Waals surface area contributed by atoms with Crippen molar-refractivity contribution < 1.29 is 14.3 Å². The molecule has 0 aliphatic carbocycles. The van der Waals surface area contributed by atoms with Crippen LogP contribution in [0.15, 0.2) is 71.7 Å². The van der Waals surface area contributed by atoms with Crippen LogP contribution in [0.1, 0.15) is 11.2 Å². The highest BCUT2D eigenvalue weighted by atomic mass is 16.5. The van der Waals surface area contributed by atoms with Gasteiger partial charge >= 0.3 is 5.69 Å². The topological polar surface area (TPSA) is 112 Å². The van der Waals surface area contributed by atoms with Crippen molar-refractivity contribution in [1.82, 2.24) is 19.0 Å². The number of carbonyl (C=O) groups excluding carboxylic acids is 2. The largest absolute Gasteiger partial charge is 0.457 e. The number of rotatable bonds is 4. The van der Waals surface area contributed by atoms with Gasteiger partial charge < -0.3 is 15.4 Å². The summed E-state index contributed by atoms with van der Waals surface area (Å²) < 4.78 is 8.30. The van der Waals surface area contributed by atoms with E-state index >= 15 is 0 Å². The second kappa shape index (κ2) is 8.83. The quantitative estimate of drug-likeness (QED) is 0.462. The lowest BCUT2D eigenvalue weighted by molar-refractivity contribution is -0.124. The van der Waals surface area contributed by atoms with E-state index in [0.717, 1.165) is 4.57 Å². The summed E-state index contributed by atoms with van der Waals surface area (Å²) in [5.41, 5.74) is 6.76. The molecule has 9 heteroatoms. The Hall–Kier alpha value is -4.84. The highest BCUT2D eigenvalue weighted by Gasteiger charge is 2.34. The van der Waals surface area contributed by atoms with E-state index in [1.165, 1.54) is 15.7 Å². The van der Waals surface area contributed by atoms with Crippen LogP contribution in [-0.2, 0) is 4.79 Å². The normalized spacial score (nSPS) is 15.2. The lowest BCUT2D eigenvalue weighted by atomic mass is 10.1. The summed E-state index contributed by atoms with van der Waals surface area (Å²) in [6, 6.07) is 17.8. The van der Waals surface area contributed by atoms with E-state index in [-0.39, 0.29) is 12.4 Å². The van der Waals surface area contributed by atoms with Gasteiger partial charge in [0.25, 0.3) is 5.91 Å². The van der Waals surface area contributed by atoms with Gasteiger partial charge in [0, 0.05) is 19.3 Å². The Balaban J connectivity index is 1.53. The molecule has 1 atom stereocenters. The van der Waals surface area contributed by atoms with Crippen molar-refractivity contribution in [2.45, 2.75) is 6.42 Å². The SMILES string of the molecule is C#CC(=O)N1CCC(C(=O)n2c(=O)n(-c3ccc(Oc4ccccc4)cc3)c3c(N)nccc32)C1. The maximum Gasteiger partial charge on any atom is 0.340 e. The first kappa shape index (κ1) is 22.0. The molecule has 174 valence electrons. The summed E-state index contributed by atoms with van der Waals surface area (Å²) in [6.07, 6.45) is 7.07. The zero-order chi connectivity index (χ0) is 24.5. The number of imidazole rings is 1. The van der Waals surface area contributed by atoms with E-state index in [2.05, 4.69) is 10.9 Å². The van der Waals surface area contributed by atoms with Gasteiger partial charge in [-0.2, -0.15) is 0 Å². The highest BCUT2D eigenvalue weighted by molar-refractivity contribution is 5.97. The standard InChI is InChI=1S/C26H21N5O4/c1-2-22(32)29-15-13-17(16-29)25(33)31-21-12-14-28-24(27)23(21)30(26(31)34)18-8-10-20(11-9-18)35-19-6-4-3-5-7-19/h1,3-12,14,17H,13,15-16H2,(H2,27,28). The number of hydrogen-bond donors (Lipinski definition) is 1. The fourth-order valence-electron chi connectivity index (χ4n) is 4.33. The smallest absolute Gasteiger partial charge is 0.340 e. The van der Waals surface area contributed by atoms with Crippen LogP contribution < -0.4 is 16.2 Å². The fraction of sp³-hybridized carbons (Fsp3) is 0.154. The second-order valence-electron chi connectivity index (χ2n) is 8.15. The molecule has 1 amide bonds. The maximum absolute atomic E-state index is 13.6. The third-order valence-electron chi connectivity index (χ3n) is 6.02. The number of para-hydroxylation sites is 1. The zero-order valence-corrected chi connectivity index (χ0v) is 18.6. The molecule has 1 aliphatic heterocycles. The molecule has 1 unspecified atom stereocenters. The number of fused-ring (bicyclic) bond motifs is 1. The Morgan fingerprint density at radius 1 is 1.06 bits per heavy atom. The lowest BCUT2D eigenvalue weighted by Gasteiger charge is -2.12. The van der Waals surface area contributed by atoms with E-state index in [4.69, 9.17) is 16.9 Å². The minimum absolute atomic E-state index is 0.117. The monoisotopic (exact) mass is 467 g/mol. The van der Waals surface area contributed by atoms with Crippen molar-refractivity contribution in [3.63, 3.8) is 0 Å². The molecule has 1 aliphatic rings. The number of likely N-dealkylation sites (tertiary alicyclic amines) is 1. The number of nitrogen functional groups attached to an aromatic ring is 1. The van der Waals surface area contributed by atoms with Crippen LogP contribution in [-0.4, -0.2) is 43.9 Å². The molecule has 1 saturated heterocycles. The Bertz CT molecular complexity index is 1530. The van der Waals surface area contributed by atoms with Crippen LogP contribution >= 0.6 is 0 Å². The first-order valence-corrected chi connectivity index (χ1v) is 11.0. The number of amides is 1. The number of nitrogens with zero attached hydrogens (tertiary/aromatic N) is 4.